The number of amides is 1. The second-order valence-corrected chi connectivity index (χ2v) is 6.51. The van der Waals surface area contributed by atoms with Crippen molar-refractivity contribution in [2.45, 2.75) is 13.3 Å². The zero-order valence-electron chi connectivity index (χ0n) is 11.8. The van der Waals surface area contributed by atoms with Gasteiger partial charge >= 0.3 is 0 Å². The molecule has 3 heterocycles. The average molecular weight is 292 g/mol. The highest BCUT2D eigenvalue weighted by atomic mass is 32.2. The van der Waals surface area contributed by atoms with E-state index in [0.717, 1.165) is 55.6 Å². The first kappa shape index (κ1) is 13.7. The highest BCUT2D eigenvalue weighted by molar-refractivity contribution is 7.99. The standard InChI is InChI=1S/C14H20N4OS/c1-2-11-7-15-14(16-8-11)18-9-12(10-18)13(19)17-3-5-20-6-4-17/h7-8,12H,2-6,9-10H2,1H3. The lowest BCUT2D eigenvalue weighted by Crippen LogP contribution is -2.56. The normalized spacial score (nSPS) is 19.9. The van der Waals surface area contributed by atoms with Crippen molar-refractivity contribution in [1.82, 2.24) is 14.9 Å². The fourth-order valence-electron chi connectivity index (χ4n) is 2.53. The van der Waals surface area contributed by atoms with Crippen LogP contribution in [0, 0.1) is 5.92 Å². The number of nitrogens with zero attached hydrogens (tertiary/aromatic N) is 4. The van der Waals surface area contributed by atoms with Crippen LogP contribution in [0.25, 0.3) is 0 Å². The molecule has 108 valence electrons. The van der Waals surface area contributed by atoms with Crippen molar-refractivity contribution in [3.63, 3.8) is 0 Å². The van der Waals surface area contributed by atoms with E-state index in [2.05, 4.69) is 21.8 Å². The molecule has 3 rings (SSSR count). The third-order valence-electron chi connectivity index (χ3n) is 3.94. The molecule has 0 unspecified atom stereocenters. The number of thioether (sulfide) groups is 1. The average Bonchev–Trinajstić information content (AvgIpc) is 2.47. The number of aryl methyl sites for hydroxylation is 1. The minimum absolute atomic E-state index is 0.132. The smallest absolute Gasteiger partial charge is 0.229 e. The Hall–Kier alpha value is -1.30. The van der Waals surface area contributed by atoms with Crippen LogP contribution >= 0.6 is 11.8 Å². The Morgan fingerprint density at radius 1 is 1.30 bits per heavy atom. The molecule has 2 saturated heterocycles. The molecule has 5 nitrogen and oxygen atoms in total. The summed E-state index contributed by atoms with van der Waals surface area (Å²) in [6.07, 6.45) is 4.70. The number of aromatic nitrogens is 2. The van der Waals surface area contributed by atoms with Crippen LogP contribution in [0.2, 0.25) is 0 Å². The van der Waals surface area contributed by atoms with Crippen LogP contribution in [0.4, 0.5) is 5.95 Å². The molecule has 0 atom stereocenters. The van der Waals surface area contributed by atoms with Gasteiger partial charge in [-0.3, -0.25) is 4.79 Å². The maximum atomic E-state index is 12.3. The summed E-state index contributed by atoms with van der Waals surface area (Å²) >= 11 is 1.93. The SMILES string of the molecule is CCc1cnc(N2CC(C(=O)N3CCSCC3)C2)nc1. The molecule has 0 aliphatic carbocycles. The molecule has 1 amide bonds. The van der Waals surface area contributed by atoms with E-state index < -0.39 is 0 Å². The van der Waals surface area contributed by atoms with Crippen LogP contribution in [-0.2, 0) is 11.2 Å². The number of hydrogen-bond acceptors (Lipinski definition) is 5. The molecule has 0 N–H and O–H groups in total. The lowest BCUT2D eigenvalue weighted by atomic mass is 9.99. The molecule has 6 heteroatoms. The molecule has 2 aliphatic heterocycles. The van der Waals surface area contributed by atoms with Gasteiger partial charge in [-0.2, -0.15) is 11.8 Å². The Morgan fingerprint density at radius 3 is 2.55 bits per heavy atom. The van der Waals surface area contributed by atoms with E-state index in [1.165, 1.54) is 0 Å². The quantitative estimate of drug-likeness (QED) is 0.833. The summed E-state index contributed by atoms with van der Waals surface area (Å²) in [4.78, 5) is 25.1. The van der Waals surface area contributed by atoms with Gasteiger partial charge in [0.25, 0.3) is 0 Å². The van der Waals surface area contributed by atoms with Crippen molar-refractivity contribution in [2.75, 3.05) is 42.6 Å². The minimum Gasteiger partial charge on any atom is -0.341 e. The first-order valence-corrected chi connectivity index (χ1v) is 8.36. The van der Waals surface area contributed by atoms with Crippen LogP contribution in [-0.4, -0.2) is 58.5 Å². The van der Waals surface area contributed by atoms with Gasteiger partial charge in [-0.25, -0.2) is 9.97 Å². The van der Waals surface area contributed by atoms with Gasteiger partial charge in [0.2, 0.25) is 11.9 Å². The van der Waals surface area contributed by atoms with E-state index in [1.54, 1.807) is 0 Å². The van der Waals surface area contributed by atoms with Gasteiger partial charge in [0.05, 0.1) is 5.92 Å². The van der Waals surface area contributed by atoms with Crippen molar-refractivity contribution in [3.05, 3.63) is 18.0 Å². The third-order valence-corrected chi connectivity index (χ3v) is 4.88. The molecular formula is C14H20N4OS. The summed E-state index contributed by atoms with van der Waals surface area (Å²) in [6.45, 7) is 5.42. The monoisotopic (exact) mass is 292 g/mol. The topological polar surface area (TPSA) is 49.3 Å². The van der Waals surface area contributed by atoms with Crippen LogP contribution in [0.3, 0.4) is 0 Å². The number of rotatable bonds is 3. The predicted octanol–water partition coefficient (Wildman–Crippen LogP) is 1.05. The summed E-state index contributed by atoms with van der Waals surface area (Å²) in [7, 11) is 0. The summed E-state index contributed by atoms with van der Waals surface area (Å²) in [6, 6.07) is 0. The molecule has 2 fully saturated rings. The molecule has 0 saturated carbocycles. The molecule has 1 aromatic rings. The predicted molar refractivity (Wildman–Crippen MR) is 81.0 cm³/mol. The Bertz CT molecular complexity index is 467. The molecule has 20 heavy (non-hydrogen) atoms. The highest BCUT2D eigenvalue weighted by Gasteiger charge is 2.36. The summed E-state index contributed by atoms with van der Waals surface area (Å²) in [5.41, 5.74) is 1.15. The first-order valence-electron chi connectivity index (χ1n) is 7.20. The van der Waals surface area contributed by atoms with Crippen molar-refractivity contribution >= 4 is 23.6 Å². The van der Waals surface area contributed by atoms with E-state index in [9.17, 15) is 4.79 Å². The zero-order chi connectivity index (χ0) is 13.9. The van der Waals surface area contributed by atoms with Gasteiger partial charge in [-0.15, -0.1) is 0 Å². The molecule has 2 aliphatic rings. The summed E-state index contributed by atoms with van der Waals surface area (Å²) in [5.74, 6) is 3.34. The molecule has 0 bridgehead atoms. The van der Waals surface area contributed by atoms with E-state index in [1.807, 2.05) is 29.1 Å². The van der Waals surface area contributed by atoms with Crippen molar-refractivity contribution in [3.8, 4) is 0 Å². The number of hydrogen-bond donors (Lipinski definition) is 0. The zero-order valence-corrected chi connectivity index (χ0v) is 12.6. The third kappa shape index (κ3) is 2.75. The molecule has 1 aromatic heterocycles. The van der Waals surface area contributed by atoms with Crippen LogP contribution in [0.5, 0.6) is 0 Å². The maximum absolute atomic E-state index is 12.3. The van der Waals surface area contributed by atoms with Crippen molar-refractivity contribution < 1.29 is 4.79 Å². The first-order chi connectivity index (χ1) is 9.78. The summed E-state index contributed by atoms with van der Waals surface area (Å²) < 4.78 is 0. The van der Waals surface area contributed by atoms with Gasteiger partial charge in [0.15, 0.2) is 0 Å². The van der Waals surface area contributed by atoms with Gasteiger partial charge in [-0.1, -0.05) is 6.92 Å². The fraction of sp³-hybridized carbons (Fsp3) is 0.643. The maximum Gasteiger partial charge on any atom is 0.229 e. The van der Waals surface area contributed by atoms with Gasteiger partial charge < -0.3 is 9.80 Å². The number of anilines is 1. The van der Waals surface area contributed by atoms with E-state index >= 15 is 0 Å². The molecule has 0 aromatic carbocycles. The van der Waals surface area contributed by atoms with E-state index in [0.29, 0.717) is 5.91 Å². The Balaban J connectivity index is 1.53. The van der Waals surface area contributed by atoms with E-state index in [4.69, 9.17) is 0 Å². The lowest BCUT2D eigenvalue weighted by molar-refractivity contribution is -0.135. The molecular weight excluding hydrogens is 272 g/mol. The molecule has 0 radical (unpaired) electrons. The lowest BCUT2D eigenvalue weighted by Gasteiger charge is -2.41. The largest absolute Gasteiger partial charge is 0.341 e. The minimum atomic E-state index is 0.132. The highest BCUT2D eigenvalue weighted by Crippen LogP contribution is 2.23. The number of carbonyl (C=O) groups excluding carboxylic acids is 1. The molecule has 0 spiro atoms. The Labute approximate surface area is 123 Å². The van der Waals surface area contributed by atoms with Crippen molar-refractivity contribution in [2.24, 2.45) is 5.92 Å². The fourth-order valence-corrected chi connectivity index (χ4v) is 3.44. The second-order valence-electron chi connectivity index (χ2n) is 5.28. The summed E-state index contributed by atoms with van der Waals surface area (Å²) in [5, 5.41) is 0. The van der Waals surface area contributed by atoms with Crippen LogP contribution < -0.4 is 4.90 Å². The number of carbonyl (C=O) groups is 1. The van der Waals surface area contributed by atoms with Crippen LogP contribution in [0.1, 0.15) is 12.5 Å². The Morgan fingerprint density at radius 2 is 1.95 bits per heavy atom. The van der Waals surface area contributed by atoms with Gasteiger partial charge in [0, 0.05) is 50.1 Å². The second kappa shape index (κ2) is 5.99. The van der Waals surface area contributed by atoms with Gasteiger partial charge in [0.1, 0.15) is 0 Å². The van der Waals surface area contributed by atoms with E-state index in [-0.39, 0.29) is 5.92 Å². The van der Waals surface area contributed by atoms with Gasteiger partial charge in [-0.05, 0) is 12.0 Å². The van der Waals surface area contributed by atoms with Crippen molar-refractivity contribution in [1.29, 1.82) is 0 Å². The van der Waals surface area contributed by atoms with Crippen LogP contribution in [0.15, 0.2) is 12.4 Å². The Kier molecular flexibility index (Phi) is 4.10.